The van der Waals surface area contributed by atoms with E-state index in [-0.39, 0.29) is 6.04 Å². The molecule has 2 aromatic heterocycles. The monoisotopic (exact) mass is 253 g/mol. The van der Waals surface area contributed by atoms with Crippen LogP contribution in [-0.4, -0.2) is 11.0 Å². The summed E-state index contributed by atoms with van der Waals surface area (Å²) in [6.07, 6.45) is 1.85. The second-order valence-corrected chi connectivity index (χ2v) is 5.51. The Kier molecular flexibility index (Phi) is 4.06. The normalized spacial score (nSPS) is 12.9. The van der Waals surface area contributed by atoms with E-state index in [4.69, 9.17) is 5.84 Å². The number of hydrogen-bond donors (Lipinski definition) is 2. The van der Waals surface area contributed by atoms with E-state index in [1.165, 1.54) is 5.56 Å². The van der Waals surface area contributed by atoms with Gasteiger partial charge in [-0.3, -0.25) is 11.3 Å². The van der Waals surface area contributed by atoms with Gasteiger partial charge in [0.05, 0.1) is 5.01 Å². The third-order valence-electron chi connectivity index (χ3n) is 2.39. The Morgan fingerprint density at radius 2 is 2.31 bits per heavy atom. The van der Waals surface area contributed by atoms with Crippen LogP contribution in [0.2, 0.25) is 0 Å². The molecule has 0 aliphatic heterocycles. The number of aryl methyl sites for hydroxylation is 1. The first-order valence-corrected chi connectivity index (χ1v) is 6.98. The van der Waals surface area contributed by atoms with E-state index in [1.807, 2.05) is 6.92 Å². The van der Waals surface area contributed by atoms with Crippen LogP contribution in [0.25, 0.3) is 0 Å². The molecule has 2 heterocycles. The molecule has 0 amide bonds. The van der Waals surface area contributed by atoms with E-state index in [9.17, 15) is 0 Å². The van der Waals surface area contributed by atoms with Gasteiger partial charge in [-0.05, 0) is 35.7 Å². The molecule has 1 unspecified atom stereocenters. The van der Waals surface area contributed by atoms with Gasteiger partial charge in [-0.1, -0.05) is 0 Å². The van der Waals surface area contributed by atoms with E-state index in [0.717, 1.165) is 23.5 Å². The Morgan fingerprint density at radius 3 is 2.88 bits per heavy atom. The summed E-state index contributed by atoms with van der Waals surface area (Å²) < 4.78 is 0. The van der Waals surface area contributed by atoms with Crippen molar-refractivity contribution < 1.29 is 0 Å². The Morgan fingerprint density at radius 1 is 1.44 bits per heavy atom. The molecule has 0 bridgehead atoms. The third-order valence-corrected chi connectivity index (χ3v) is 4.11. The van der Waals surface area contributed by atoms with Gasteiger partial charge in [-0.25, -0.2) is 4.98 Å². The average molecular weight is 253 g/mol. The summed E-state index contributed by atoms with van der Waals surface area (Å²) >= 11 is 3.42. The van der Waals surface area contributed by atoms with Crippen molar-refractivity contribution in [1.82, 2.24) is 10.4 Å². The lowest BCUT2D eigenvalue weighted by Crippen LogP contribution is -2.38. The number of nitrogens with two attached hydrogens (primary N) is 1. The number of thiophene rings is 1. The molecule has 0 aliphatic rings. The van der Waals surface area contributed by atoms with E-state index in [1.54, 1.807) is 22.7 Å². The van der Waals surface area contributed by atoms with Crippen molar-refractivity contribution in [3.63, 3.8) is 0 Å². The molecule has 16 heavy (non-hydrogen) atoms. The van der Waals surface area contributed by atoms with Gasteiger partial charge >= 0.3 is 0 Å². The molecule has 2 aromatic rings. The number of nitrogens with zero attached hydrogens (tertiary/aromatic N) is 1. The zero-order chi connectivity index (χ0) is 11.4. The summed E-state index contributed by atoms with van der Waals surface area (Å²) in [4.78, 5) is 4.45. The zero-order valence-corrected chi connectivity index (χ0v) is 10.8. The molecular weight excluding hydrogens is 238 g/mol. The maximum atomic E-state index is 5.57. The number of rotatable bonds is 5. The maximum Gasteiger partial charge on any atom is 0.0944 e. The van der Waals surface area contributed by atoms with Crippen LogP contribution < -0.4 is 11.3 Å². The summed E-state index contributed by atoms with van der Waals surface area (Å²) in [6.45, 7) is 2.02. The Hall–Kier alpha value is -0.750. The van der Waals surface area contributed by atoms with E-state index >= 15 is 0 Å². The van der Waals surface area contributed by atoms with Crippen LogP contribution in [-0.2, 0) is 12.8 Å². The predicted octanol–water partition coefficient (Wildman–Crippen LogP) is 2.13. The van der Waals surface area contributed by atoms with E-state index in [2.05, 4.69) is 32.6 Å². The topological polar surface area (TPSA) is 50.9 Å². The molecule has 0 spiro atoms. The highest BCUT2D eigenvalue weighted by Gasteiger charge is 2.11. The Bertz CT molecular complexity index is 422. The van der Waals surface area contributed by atoms with Gasteiger partial charge < -0.3 is 0 Å². The average Bonchev–Trinajstić information content (AvgIpc) is 2.89. The maximum absolute atomic E-state index is 5.57. The molecule has 3 nitrogen and oxygen atoms in total. The number of hydrazine groups is 1. The molecule has 0 aliphatic carbocycles. The van der Waals surface area contributed by atoms with Gasteiger partial charge in [0.2, 0.25) is 0 Å². The van der Waals surface area contributed by atoms with Crippen molar-refractivity contribution >= 4 is 22.7 Å². The lowest BCUT2D eigenvalue weighted by molar-refractivity contribution is 0.522. The Labute approximate surface area is 103 Å². The second kappa shape index (κ2) is 5.54. The Balaban J connectivity index is 1.95. The summed E-state index contributed by atoms with van der Waals surface area (Å²) in [6, 6.07) is 2.41. The molecule has 86 valence electrons. The van der Waals surface area contributed by atoms with Crippen molar-refractivity contribution in [1.29, 1.82) is 0 Å². The highest BCUT2D eigenvalue weighted by molar-refractivity contribution is 7.09. The largest absolute Gasteiger partial charge is 0.271 e. The van der Waals surface area contributed by atoms with Crippen molar-refractivity contribution in [3.05, 3.63) is 38.5 Å². The highest BCUT2D eigenvalue weighted by atomic mass is 32.1. The summed E-state index contributed by atoms with van der Waals surface area (Å²) in [5.74, 6) is 5.57. The molecule has 3 N–H and O–H groups in total. The van der Waals surface area contributed by atoms with Gasteiger partial charge in [0, 0.05) is 23.5 Å². The molecule has 5 heteroatoms. The number of hydrogen-bond acceptors (Lipinski definition) is 5. The van der Waals surface area contributed by atoms with Crippen LogP contribution in [0.4, 0.5) is 0 Å². The molecule has 0 aromatic carbocycles. The minimum Gasteiger partial charge on any atom is -0.271 e. The van der Waals surface area contributed by atoms with Crippen LogP contribution in [0.1, 0.15) is 16.3 Å². The zero-order valence-electron chi connectivity index (χ0n) is 9.14. The molecule has 0 saturated heterocycles. The first kappa shape index (κ1) is 11.7. The highest BCUT2D eigenvalue weighted by Crippen LogP contribution is 2.14. The SMILES string of the molecule is Cc1csc(CC(Cc2ccsc2)NN)n1. The van der Waals surface area contributed by atoms with Crippen LogP contribution in [0.5, 0.6) is 0 Å². The summed E-state index contributed by atoms with van der Waals surface area (Å²) in [5.41, 5.74) is 5.29. The lowest BCUT2D eigenvalue weighted by atomic mass is 10.1. The van der Waals surface area contributed by atoms with Crippen LogP contribution >= 0.6 is 22.7 Å². The van der Waals surface area contributed by atoms with Gasteiger partial charge in [0.25, 0.3) is 0 Å². The first-order chi connectivity index (χ1) is 7.78. The summed E-state index contributed by atoms with van der Waals surface area (Å²) in [7, 11) is 0. The lowest BCUT2D eigenvalue weighted by Gasteiger charge is -2.13. The van der Waals surface area contributed by atoms with Crippen molar-refractivity contribution in [2.24, 2.45) is 5.84 Å². The molecular formula is C11H15N3S2. The minimum absolute atomic E-state index is 0.264. The smallest absolute Gasteiger partial charge is 0.0944 e. The molecule has 0 fully saturated rings. The molecule has 2 rings (SSSR count). The van der Waals surface area contributed by atoms with Crippen LogP contribution in [0, 0.1) is 6.92 Å². The van der Waals surface area contributed by atoms with Gasteiger partial charge in [0.1, 0.15) is 0 Å². The molecule has 0 saturated carbocycles. The second-order valence-electron chi connectivity index (χ2n) is 3.79. The van der Waals surface area contributed by atoms with E-state index in [0.29, 0.717) is 0 Å². The van der Waals surface area contributed by atoms with Gasteiger partial charge in [0.15, 0.2) is 0 Å². The van der Waals surface area contributed by atoms with Crippen molar-refractivity contribution in [2.75, 3.05) is 0 Å². The number of nitrogens with one attached hydrogen (secondary N) is 1. The number of aromatic nitrogens is 1. The predicted molar refractivity (Wildman–Crippen MR) is 69.7 cm³/mol. The molecule has 0 radical (unpaired) electrons. The van der Waals surface area contributed by atoms with Crippen molar-refractivity contribution in [3.8, 4) is 0 Å². The number of thiazole rings is 1. The summed E-state index contributed by atoms with van der Waals surface area (Å²) in [5, 5.41) is 7.48. The standard InChI is InChI=1S/C11H15N3S2/c1-8-6-16-11(13-8)5-10(14-12)4-9-2-3-15-7-9/h2-3,6-7,10,14H,4-5,12H2,1H3. The van der Waals surface area contributed by atoms with Crippen LogP contribution in [0.15, 0.2) is 22.2 Å². The van der Waals surface area contributed by atoms with Crippen molar-refractivity contribution in [2.45, 2.75) is 25.8 Å². The fourth-order valence-corrected chi connectivity index (χ4v) is 3.13. The van der Waals surface area contributed by atoms with E-state index < -0.39 is 0 Å². The quantitative estimate of drug-likeness (QED) is 0.634. The first-order valence-electron chi connectivity index (χ1n) is 5.16. The fourth-order valence-electron chi connectivity index (χ4n) is 1.59. The van der Waals surface area contributed by atoms with Gasteiger partial charge in [-0.15, -0.1) is 11.3 Å². The third kappa shape index (κ3) is 3.12. The fraction of sp³-hybridized carbons (Fsp3) is 0.364. The minimum atomic E-state index is 0.264. The molecule has 1 atom stereocenters. The van der Waals surface area contributed by atoms with Crippen LogP contribution in [0.3, 0.4) is 0 Å². The van der Waals surface area contributed by atoms with Gasteiger partial charge in [-0.2, -0.15) is 11.3 Å².